The van der Waals surface area contributed by atoms with E-state index in [0.29, 0.717) is 41.9 Å². The number of fused-ring (bicyclic) bond motifs is 3. The fourth-order valence-electron chi connectivity index (χ4n) is 7.10. The zero-order valence-electron chi connectivity index (χ0n) is 25.8. The van der Waals surface area contributed by atoms with Crippen molar-refractivity contribution in [2.75, 3.05) is 4.90 Å². The van der Waals surface area contributed by atoms with Crippen LogP contribution in [0, 0.1) is 23.7 Å². The summed E-state index contributed by atoms with van der Waals surface area (Å²) in [5.74, 6) is -4.62. The minimum Gasteiger partial charge on any atom is -0.507 e. The summed E-state index contributed by atoms with van der Waals surface area (Å²) >= 11 is 3.40. The van der Waals surface area contributed by atoms with Gasteiger partial charge in [-0.3, -0.25) is 9.59 Å². The second kappa shape index (κ2) is 13.1. The molecule has 0 saturated carbocycles. The minimum absolute atomic E-state index is 0.0471. The number of carbonyl (C=O) groups excluding carboxylic acids is 2. The second-order valence-corrected chi connectivity index (χ2v) is 13.5. The molecule has 2 heterocycles. The van der Waals surface area contributed by atoms with Crippen LogP contribution in [0.4, 0.5) is 32.0 Å². The molecule has 4 atom stereocenters. The van der Waals surface area contributed by atoms with Crippen LogP contribution in [0.5, 0.6) is 5.75 Å². The summed E-state index contributed by atoms with van der Waals surface area (Å²) in [5.41, 5.74) is -0.893. The van der Waals surface area contributed by atoms with Gasteiger partial charge in [0.2, 0.25) is 11.8 Å². The number of rotatable bonds is 7. The smallest absolute Gasteiger partial charge is 0.455 e. The first-order chi connectivity index (χ1) is 21.9. The van der Waals surface area contributed by atoms with E-state index in [2.05, 4.69) is 15.9 Å². The molecule has 0 aromatic heterocycles. The first kappa shape index (κ1) is 35.2. The maximum atomic E-state index is 14.0. The third-order valence-electron chi connectivity index (χ3n) is 9.30. The van der Waals surface area contributed by atoms with Crippen LogP contribution in [0.2, 0.25) is 6.32 Å². The molecular weight excluding hydrogens is 695 g/mol. The van der Waals surface area contributed by atoms with Gasteiger partial charge in [0.1, 0.15) is 5.75 Å². The van der Waals surface area contributed by atoms with Gasteiger partial charge in [-0.1, -0.05) is 53.9 Å². The topological polar surface area (TPSA) is 87.1 Å². The van der Waals surface area contributed by atoms with Crippen molar-refractivity contribution in [2.45, 2.75) is 71.2 Å². The van der Waals surface area contributed by atoms with Gasteiger partial charge >= 0.3 is 19.5 Å². The van der Waals surface area contributed by atoms with Crippen LogP contribution in [-0.2, 0) is 26.6 Å². The lowest BCUT2D eigenvalue weighted by Gasteiger charge is -2.44. The molecule has 252 valence electrons. The van der Waals surface area contributed by atoms with Crippen molar-refractivity contribution < 1.29 is 50.7 Å². The highest BCUT2D eigenvalue weighted by molar-refractivity contribution is 9.10. The number of alkyl halides is 6. The summed E-state index contributed by atoms with van der Waals surface area (Å²) in [6.45, 7) is 5.76. The van der Waals surface area contributed by atoms with E-state index in [9.17, 15) is 46.1 Å². The number of aromatic hydroxyl groups is 1. The number of phenolic OH excluding ortho intramolecular Hbond substituents is 1. The number of halogens is 7. The molecule has 0 radical (unpaired) electrons. The van der Waals surface area contributed by atoms with Gasteiger partial charge < -0.3 is 14.8 Å². The maximum absolute atomic E-state index is 14.0. The molecule has 2 amide bonds. The standard InChI is InChI=1S/C33H33BBrF6NO5/c1-4-17(9-18-10-21(35)6-7-26(18)43)5-8-27-28-23(16(2)3)14-24-29(25(28)15-34(46)47-27)31(45)42(30(24)44)22-12-19(32(36,37)38)11-20(13-22)33(39,40)41/h6-7,9-13,16,24-25,27,29,43,46H,4-5,8,14-15H2,1-3H3/b17-9+/t24-,25+,27-,29-/m1/s1. The van der Waals surface area contributed by atoms with E-state index < -0.39 is 72.0 Å². The minimum atomic E-state index is -5.16. The molecule has 0 spiro atoms. The molecule has 2 saturated heterocycles. The molecule has 5 rings (SSSR count). The summed E-state index contributed by atoms with van der Waals surface area (Å²) in [5, 5.41) is 21.1. The average molecular weight is 728 g/mol. The third kappa shape index (κ3) is 7.05. The Labute approximate surface area is 276 Å². The monoisotopic (exact) mass is 727 g/mol. The van der Waals surface area contributed by atoms with Gasteiger partial charge in [0.15, 0.2) is 0 Å². The molecule has 2 aliphatic heterocycles. The van der Waals surface area contributed by atoms with Crippen LogP contribution in [0.25, 0.3) is 6.08 Å². The summed E-state index contributed by atoms with van der Waals surface area (Å²) in [6, 6.07) is 5.80. The number of imide groups is 1. The molecule has 2 aromatic carbocycles. The quantitative estimate of drug-likeness (QED) is 0.130. The predicted molar refractivity (Wildman–Crippen MR) is 167 cm³/mol. The van der Waals surface area contributed by atoms with E-state index in [-0.39, 0.29) is 30.5 Å². The number of carbonyl (C=O) groups is 2. The van der Waals surface area contributed by atoms with E-state index in [1.807, 2.05) is 26.8 Å². The number of nitrogens with zero attached hydrogens (tertiary/aromatic N) is 1. The molecule has 2 N–H and O–H groups in total. The lowest BCUT2D eigenvalue weighted by Crippen LogP contribution is -2.46. The molecule has 0 unspecified atom stereocenters. The number of benzene rings is 2. The number of anilines is 1. The Morgan fingerprint density at radius 2 is 1.68 bits per heavy atom. The molecule has 6 nitrogen and oxygen atoms in total. The fraction of sp³-hybridized carbons (Fsp3) is 0.455. The molecule has 47 heavy (non-hydrogen) atoms. The fourth-order valence-corrected chi connectivity index (χ4v) is 7.48. The third-order valence-corrected chi connectivity index (χ3v) is 9.80. The maximum Gasteiger partial charge on any atom is 0.455 e. The Morgan fingerprint density at radius 3 is 2.26 bits per heavy atom. The Balaban J connectivity index is 1.50. The molecule has 2 aromatic rings. The number of amides is 2. The summed E-state index contributed by atoms with van der Waals surface area (Å²) < 4.78 is 88.7. The van der Waals surface area contributed by atoms with Crippen molar-refractivity contribution in [3.05, 3.63) is 74.3 Å². The molecule has 1 aliphatic carbocycles. The van der Waals surface area contributed by atoms with Crippen LogP contribution in [0.3, 0.4) is 0 Å². The van der Waals surface area contributed by atoms with Gasteiger partial charge in [0, 0.05) is 10.0 Å². The van der Waals surface area contributed by atoms with Gasteiger partial charge in [0.05, 0.1) is 34.8 Å². The van der Waals surface area contributed by atoms with Crippen molar-refractivity contribution in [1.82, 2.24) is 0 Å². The first-order valence-corrected chi connectivity index (χ1v) is 16.1. The Kier molecular flexibility index (Phi) is 9.80. The predicted octanol–water partition coefficient (Wildman–Crippen LogP) is 8.42. The van der Waals surface area contributed by atoms with Crippen molar-refractivity contribution in [3.63, 3.8) is 0 Å². The van der Waals surface area contributed by atoms with Crippen LogP contribution in [-0.4, -0.2) is 35.2 Å². The van der Waals surface area contributed by atoms with Gasteiger partial charge in [-0.15, -0.1) is 0 Å². The van der Waals surface area contributed by atoms with E-state index in [1.54, 1.807) is 18.2 Å². The molecule has 3 aliphatic rings. The zero-order chi connectivity index (χ0) is 34.6. The number of hydrogen-bond acceptors (Lipinski definition) is 5. The van der Waals surface area contributed by atoms with Gasteiger partial charge in [-0.2, -0.15) is 26.3 Å². The molecule has 2 fully saturated rings. The van der Waals surface area contributed by atoms with Crippen molar-refractivity contribution in [3.8, 4) is 5.75 Å². The number of phenols is 1. The summed E-state index contributed by atoms with van der Waals surface area (Å²) in [6.07, 6.45) is -7.56. The zero-order valence-corrected chi connectivity index (χ0v) is 27.3. The van der Waals surface area contributed by atoms with E-state index in [1.165, 1.54) is 0 Å². The normalized spacial score (nSPS) is 24.0. The Hall–Kier alpha value is -3.10. The highest BCUT2D eigenvalue weighted by Gasteiger charge is 2.58. The van der Waals surface area contributed by atoms with Crippen LogP contribution in [0.1, 0.15) is 63.1 Å². The van der Waals surface area contributed by atoms with E-state index in [0.717, 1.165) is 21.2 Å². The lowest BCUT2D eigenvalue weighted by atomic mass is 9.57. The SMILES string of the molecule is CC/C(=C\c1cc(Br)ccc1O)CC[C@H]1OB(O)C[C@H]2C1=C(C(C)C)C[C@H]1C(=O)N(c3cc(C(F)(F)F)cc(C(F)(F)F)c3)C(=O)[C@H]12. The molecule has 0 bridgehead atoms. The van der Waals surface area contributed by atoms with Crippen LogP contribution < -0.4 is 4.90 Å². The lowest BCUT2D eigenvalue weighted by molar-refractivity contribution is -0.143. The number of allylic oxidation sites excluding steroid dienone is 2. The molecule has 14 heteroatoms. The highest BCUT2D eigenvalue weighted by Crippen LogP contribution is 2.53. The van der Waals surface area contributed by atoms with Gasteiger partial charge in [-0.05, 0) is 85.8 Å². The number of hydrogen-bond donors (Lipinski definition) is 2. The van der Waals surface area contributed by atoms with Gasteiger partial charge in [0.25, 0.3) is 0 Å². The molecular formula is C33H33BBrF6NO5. The summed E-state index contributed by atoms with van der Waals surface area (Å²) in [4.78, 5) is 28.2. The van der Waals surface area contributed by atoms with E-state index >= 15 is 0 Å². The van der Waals surface area contributed by atoms with Crippen LogP contribution in [0.15, 0.2) is 57.6 Å². The van der Waals surface area contributed by atoms with Crippen molar-refractivity contribution in [2.24, 2.45) is 23.7 Å². The second-order valence-electron chi connectivity index (χ2n) is 12.6. The van der Waals surface area contributed by atoms with Gasteiger partial charge in [-0.25, -0.2) is 4.90 Å². The first-order valence-electron chi connectivity index (χ1n) is 15.3. The van der Waals surface area contributed by atoms with E-state index in [4.69, 9.17) is 4.65 Å². The van der Waals surface area contributed by atoms with Crippen molar-refractivity contribution >= 4 is 46.6 Å². The Morgan fingerprint density at radius 1 is 1.04 bits per heavy atom. The highest BCUT2D eigenvalue weighted by atomic mass is 79.9. The van der Waals surface area contributed by atoms with Crippen LogP contribution >= 0.6 is 15.9 Å². The Bertz CT molecular complexity index is 1610. The van der Waals surface area contributed by atoms with Crippen molar-refractivity contribution in [1.29, 1.82) is 0 Å². The largest absolute Gasteiger partial charge is 0.507 e. The summed E-state index contributed by atoms with van der Waals surface area (Å²) in [7, 11) is -1.31. The average Bonchev–Trinajstić information content (AvgIpc) is 3.24.